The monoisotopic (exact) mass is 296 g/mol. The smallest absolute Gasteiger partial charge is 0.146 e. The molecule has 0 saturated carbocycles. The normalized spacial score (nSPS) is 10.6. The first-order valence-electron chi connectivity index (χ1n) is 5.76. The van der Waals surface area contributed by atoms with Crippen LogP contribution in [0.25, 0.3) is 0 Å². The van der Waals surface area contributed by atoms with Gasteiger partial charge in [0.05, 0.1) is 0 Å². The molecule has 1 aromatic heterocycles. The summed E-state index contributed by atoms with van der Waals surface area (Å²) in [5, 5.41) is 1.22. The fourth-order valence-corrected chi connectivity index (χ4v) is 2.22. The fourth-order valence-electron chi connectivity index (χ4n) is 1.74. The zero-order valence-electron chi connectivity index (χ0n) is 10.7. The van der Waals surface area contributed by atoms with Crippen molar-refractivity contribution in [3.8, 4) is 0 Å². The van der Waals surface area contributed by atoms with E-state index in [-0.39, 0.29) is 0 Å². The Labute approximate surface area is 121 Å². The molecule has 2 rings (SSSR count). The Kier molecular flexibility index (Phi) is 4.24. The second-order valence-corrected chi connectivity index (χ2v) is 5.10. The molecule has 0 fully saturated rings. The number of nitrogen functional groups attached to an aromatic ring is 1. The Balaban J connectivity index is 2.35. The maximum atomic E-state index is 6.14. The number of rotatable bonds is 3. The summed E-state index contributed by atoms with van der Waals surface area (Å²) in [6, 6.07) is 5.38. The maximum absolute atomic E-state index is 6.14. The highest BCUT2D eigenvalue weighted by molar-refractivity contribution is 6.35. The van der Waals surface area contributed by atoms with E-state index in [2.05, 4.69) is 15.4 Å². The summed E-state index contributed by atoms with van der Waals surface area (Å²) in [4.78, 5) is 8.81. The number of hydrogen-bond donors (Lipinski definition) is 2. The fraction of sp³-hybridized carbons (Fsp3) is 0.231. The summed E-state index contributed by atoms with van der Waals surface area (Å²) >= 11 is 12.0. The van der Waals surface area contributed by atoms with Gasteiger partial charge in [-0.2, -0.15) is 0 Å². The number of anilines is 1. The van der Waals surface area contributed by atoms with E-state index in [1.807, 2.05) is 19.9 Å². The van der Waals surface area contributed by atoms with Crippen molar-refractivity contribution in [2.45, 2.75) is 20.3 Å². The van der Waals surface area contributed by atoms with Gasteiger partial charge in [0.25, 0.3) is 0 Å². The van der Waals surface area contributed by atoms with Crippen LogP contribution in [0.5, 0.6) is 0 Å². The molecule has 0 aliphatic rings. The molecule has 0 spiro atoms. The highest BCUT2D eigenvalue weighted by atomic mass is 35.5. The SMILES string of the molecule is Cc1nc(Cc2ccc(Cl)cc2Cl)nc(NN)c1C. The molecule has 0 aliphatic carbocycles. The van der Waals surface area contributed by atoms with E-state index in [0.29, 0.717) is 28.1 Å². The highest BCUT2D eigenvalue weighted by Gasteiger charge is 2.09. The van der Waals surface area contributed by atoms with Crippen molar-refractivity contribution in [3.05, 3.63) is 50.9 Å². The first-order valence-corrected chi connectivity index (χ1v) is 6.51. The van der Waals surface area contributed by atoms with Gasteiger partial charge in [0.2, 0.25) is 0 Å². The molecule has 4 nitrogen and oxygen atoms in total. The van der Waals surface area contributed by atoms with E-state index in [9.17, 15) is 0 Å². The summed E-state index contributed by atoms with van der Waals surface area (Å²) in [6.07, 6.45) is 0.534. The molecule has 19 heavy (non-hydrogen) atoms. The van der Waals surface area contributed by atoms with Gasteiger partial charge in [-0.25, -0.2) is 15.8 Å². The lowest BCUT2D eigenvalue weighted by molar-refractivity contribution is 0.925. The van der Waals surface area contributed by atoms with Gasteiger partial charge in [-0.05, 0) is 31.5 Å². The van der Waals surface area contributed by atoms with Crippen LogP contribution < -0.4 is 11.3 Å². The van der Waals surface area contributed by atoms with Crippen LogP contribution in [0.2, 0.25) is 10.0 Å². The number of nitrogens with one attached hydrogen (secondary N) is 1. The number of nitrogens with zero attached hydrogens (tertiary/aromatic N) is 2. The van der Waals surface area contributed by atoms with E-state index in [1.54, 1.807) is 12.1 Å². The van der Waals surface area contributed by atoms with Crippen molar-refractivity contribution in [2.24, 2.45) is 5.84 Å². The number of aryl methyl sites for hydroxylation is 1. The van der Waals surface area contributed by atoms with E-state index in [1.165, 1.54) is 0 Å². The Morgan fingerprint density at radius 3 is 2.58 bits per heavy atom. The van der Waals surface area contributed by atoms with Gasteiger partial charge in [-0.1, -0.05) is 29.3 Å². The van der Waals surface area contributed by atoms with Crippen molar-refractivity contribution in [3.63, 3.8) is 0 Å². The first-order chi connectivity index (χ1) is 9.01. The van der Waals surface area contributed by atoms with Crippen LogP contribution in [-0.2, 0) is 6.42 Å². The number of aromatic nitrogens is 2. The molecule has 2 aromatic rings. The molecule has 6 heteroatoms. The van der Waals surface area contributed by atoms with E-state index in [0.717, 1.165) is 16.8 Å². The van der Waals surface area contributed by atoms with E-state index in [4.69, 9.17) is 29.0 Å². The van der Waals surface area contributed by atoms with Gasteiger partial charge in [0.15, 0.2) is 0 Å². The van der Waals surface area contributed by atoms with Crippen LogP contribution in [-0.4, -0.2) is 9.97 Å². The minimum Gasteiger partial charge on any atom is -0.308 e. The molecule has 3 N–H and O–H groups in total. The third kappa shape index (κ3) is 3.15. The Bertz CT molecular complexity index is 614. The summed E-state index contributed by atoms with van der Waals surface area (Å²) in [5.41, 5.74) is 5.34. The minimum atomic E-state index is 0.534. The van der Waals surface area contributed by atoms with Crippen molar-refractivity contribution >= 4 is 29.0 Å². The predicted octanol–water partition coefficient (Wildman–Crippen LogP) is 3.28. The third-order valence-electron chi connectivity index (χ3n) is 2.94. The van der Waals surface area contributed by atoms with E-state index < -0.39 is 0 Å². The summed E-state index contributed by atoms with van der Waals surface area (Å²) in [6.45, 7) is 3.84. The highest BCUT2D eigenvalue weighted by Crippen LogP contribution is 2.23. The van der Waals surface area contributed by atoms with Gasteiger partial charge in [0, 0.05) is 27.7 Å². The second-order valence-electron chi connectivity index (χ2n) is 4.26. The maximum Gasteiger partial charge on any atom is 0.146 e. The average molecular weight is 297 g/mol. The van der Waals surface area contributed by atoms with Crippen molar-refractivity contribution in [1.29, 1.82) is 0 Å². The van der Waals surface area contributed by atoms with Gasteiger partial charge < -0.3 is 5.43 Å². The molecular formula is C13H14Cl2N4. The summed E-state index contributed by atoms with van der Waals surface area (Å²) in [7, 11) is 0. The number of halogens is 2. The molecule has 0 aliphatic heterocycles. The van der Waals surface area contributed by atoms with Crippen LogP contribution >= 0.6 is 23.2 Å². The summed E-state index contributed by atoms with van der Waals surface area (Å²) in [5.74, 6) is 6.75. The largest absolute Gasteiger partial charge is 0.308 e. The molecule has 1 aromatic carbocycles. The lowest BCUT2D eigenvalue weighted by Crippen LogP contribution is -2.13. The van der Waals surface area contributed by atoms with Gasteiger partial charge in [-0.3, -0.25) is 0 Å². The molecule has 0 bridgehead atoms. The topological polar surface area (TPSA) is 63.8 Å². The molecule has 0 saturated heterocycles. The van der Waals surface area contributed by atoms with Crippen molar-refractivity contribution in [2.75, 3.05) is 5.43 Å². The van der Waals surface area contributed by atoms with Crippen LogP contribution in [0.15, 0.2) is 18.2 Å². The van der Waals surface area contributed by atoms with Gasteiger partial charge >= 0.3 is 0 Å². The molecule has 0 amide bonds. The molecule has 1 heterocycles. The van der Waals surface area contributed by atoms with Gasteiger partial charge in [0.1, 0.15) is 11.6 Å². The number of nitrogens with two attached hydrogens (primary N) is 1. The number of benzene rings is 1. The average Bonchev–Trinajstić information content (AvgIpc) is 2.37. The molecule has 0 radical (unpaired) electrons. The molecule has 100 valence electrons. The van der Waals surface area contributed by atoms with Crippen LogP contribution in [0.4, 0.5) is 5.82 Å². The number of hydrazine groups is 1. The zero-order valence-corrected chi connectivity index (χ0v) is 12.2. The lowest BCUT2D eigenvalue weighted by Gasteiger charge is -2.10. The van der Waals surface area contributed by atoms with Crippen LogP contribution in [0, 0.1) is 13.8 Å². The van der Waals surface area contributed by atoms with Crippen LogP contribution in [0.1, 0.15) is 22.6 Å². The van der Waals surface area contributed by atoms with Gasteiger partial charge in [-0.15, -0.1) is 0 Å². The van der Waals surface area contributed by atoms with E-state index >= 15 is 0 Å². The Morgan fingerprint density at radius 1 is 1.21 bits per heavy atom. The molecule has 0 unspecified atom stereocenters. The first kappa shape index (κ1) is 14.1. The van der Waals surface area contributed by atoms with Crippen molar-refractivity contribution < 1.29 is 0 Å². The zero-order chi connectivity index (χ0) is 14.0. The minimum absolute atomic E-state index is 0.534. The predicted molar refractivity (Wildman–Crippen MR) is 78.6 cm³/mol. The quantitative estimate of drug-likeness (QED) is 0.674. The third-order valence-corrected chi connectivity index (χ3v) is 3.52. The molecule has 0 atom stereocenters. The standard InChI is InChI=1S/C13H14Cl2N4/c1-7-8(2)17-12(18-13(7)19-16)5-9-3-4-10(14)6-11(9)15/h3-4,6H,5,16H2,1-2H3,(H,17,18,19). The lowest BCUT2D eigenvalue weighted by atomic mass is 10.1. The molecular weight excluding hydrogens is 283 g/mol. The van der Waals surface area contributed by atoms with Crippen LogP contribution in [0.3, 0.4) is 0 Å². The number of hydrogen-bond acceptors (Lipinski definition) is 4. The second kappa shape index (κ2) is 5.74. The Morgan fingerprint density at radius 2 is 1.95 bits per heavy atom. The summed E-state index contributed by atoms with van der Waals surface area (Å²) < 4.78 is 0. The van der Waals surface area contributed by atoms with Crippen molar-refractivity contribution in [1.82, 2.24) is 9.97 Å². The Hall–Kier alpha value is -1.36.